The van der Waals surface area contributed by atoms with Crippen molar-refractivity contribution in [2.24, 2.45) is 0 Å². The van der Waals surface area contributed by atoms with Crippen molar-refractivity contribution >= 4 is 0 Å². The van der Waals surface area contributed by atoms with E-state index in [2.05, 4.69) is 36.3 Å². The van der Waals surface area contributed by atoms with Crippen LogP contribution in [-0.2, 0) is 6.42 Å². The molecule has 0 aromatic carbocycles. The Morgan fingerprint density at radius 2 is 1.70 bits per heavy atom. The first-order chi connectivity index (χ1) is 9.81. The van der Waals surface area contributed by atoms with Gasteiger partial charge in [0, 0.05) is 6.42 Å². The Kier molecular flexibility index (Phi) is 9.29. The molecular formula is C16H31N3O. The summed E-state index contributed by atoms with van der Waals surface area (Å²) in [6.07, 6.45) is 10.8. The van der Waals surface area contributed by atoms with Gasteiger partial charge in [-0.2, -0.15) is 0 Å². The van der Waals surface area contributed by atoms with Crippen LogP contribution in [0.25, 0.3) is 0 Å². The number of aromatic nitrogens is 2. The van der Waals surface area contributed by atoms with E-state index in [1.54, 1.807) is 0 Å². The van der Waals surface area contributed by atoms with Crippen LogP contribution in [0.4, 0.5) is 0 Å². The fourth-order valence-electron chi connectivity index (χ4n) is 2.29. The van der Waals surface area contributed by atoms with Crippen LogP contribution < -0.4 is 5.32 Å². The molecule has 0 fully saturated rings. The monoisotopic (exact) mass is 281 g/mol. The summed E-state index contributed by atoms with van der Waals surface area (Å²) in [7, 11) is 0. The number of rotatable bonds is 12. The van der Waals surface area contributed by atoms with E-state index in [-0.39, 0.29) is 6.04 Å². The molecule has 1 aromatic heterocycles. The van der Waals surface area contributed by atoms with Crippen LogP contribution in [0.3, 0.4) is 0 Å². The Hall–Kier alpha value is -0.900. The molecule has 0 radical (unpaired) electrons. The van der Waals surface area contributed by atoms with Gasteiger partial charge in [0.1, 0.15) is 0 Å². The van der Waals surface area contributed by atoms with Gasteiger partial charge in [-0.1, -0.05) is 52.9 Å². The zero-order valence-corrected chi connectivity index (χ0v) is 13.5. The van der Waals surface area contributed by atoms with Crippen LogP contribution in [0.5, 0.6) is 0 Å². The maximum absolute atomic E-state index is 5.78. The molecule has 0 aliphatic rings. The Morgan fingerprint density at radius 3 is 2.40 bits per heavy atom. The van der Waals surface area contributed by atoms with Gasteiger partial charge < -0.3 is 9.73 Å². The normalized spacial score (nSPS) is 12.8. The highest BCUT2D eigenvalue weighted by Crippen LogP contribution is 2.16. The van der Waals surface area contributed by atoms with Crippen LogP contribution in [0.2, 0.25) is 0 Å². The van der Waals surface area contributed by atoms with E-state index in [1.165, 1.54) is 32.1 Å². The highest BCUT2D eigenvalue weighted by molar-refractivity contribution is 4.89. The highest BCUT2D eigenvalue weighted by atomic mass is 16.4. The van der Waals surface area contributed by atoms with Gasteiger partial charge in [0.05, 0.1) is 6.04 Å². The largest absolute Gasteiger partial charge is 0.424 e. The van der Waals surface area contributed by atoms with Gasteiger partial charge in [-0.05, 0) is 25.8 Å². The van der Waals surface area contributed by atoms with Crippen LogP contribution >= 0.6 is 0 Å². The van der Waals surface area contributed by atoms with Crippen LogP contribution in [0.15, 0.2) is 4.42 Å². The third-order valence-corrected chi connectivity index (χ3v) is 3.57. The molecule has 1 atom stereocenters. The van der Waals surface area contributed by atoms with Crippen LogP contribution in [0.1, 0.15) is 90.0 Å². The molecule has 1 heterocycles. The topological polar surface area (TPSA) is 51.0 Å². The standard InChI is InChI=1S/C16H31N3O/c1-4-7-8-9-10-11-12-15-18-19-16(20-15)14(6-3)17-13-5-2/h14,17H,4-13H2,1-3H3. The van der Waals surface area contributed by atoms with Gasteiger partial charge in [-0.25, -0.2) is 0 Å². The van der Waals surface area contributed by atoms with Crippen molar-refractivity contribution in [1.82, 2.24) is 15.5 Å². The lowest BCUT2D eigenvalue weighted by Crippen LogP contribution is -2.21. The van der Waals surface area contributed by atoms with E-state index < -0.39 is 0 Å². The lowest BCUT2D eigenvalue weighted by Gasteiger charge is -2.11. The molecule has 0 saturated carbocycles. The smallest absolute Gasteiger partial charge is 0.233 e. The Balaban J connectivity index is 2.27. The van der Waals surface area contributed by atoms with Crippen molar-refractivity contribution in [3.63, 3.8) is 0 Å². The van der Waals surface area contributed by atoms with Crippen molar-refractivity contribution < 1.29 is 4.42 Å². The van der Waals surface area contributed by atoms with Crippen molar-refractivity contribution in [3.8, 4) is 0 Å². The van der Waals surface area contributed by atoms with Crippen molar-refractivity contribution in [1.29, 1.82) is 0 Å². The first-order valence-electron chi connectivity index (χ1n) is 8.37. The van der Waals surface area contributed by atoms with Crippen molar-refractivity contribution in [2.75, 3.05) is 6.54 Å². The molecule has 0 bridgehead atoms. The zero-order valence-electron chi connectivity index (χ0n) is 13.5. The van der Waals surface area contributed by atoms with E-state index in [0.29, 0.717) is 0 Å². The van der Waals surface area contributed by atoms with Crippen molar-refractivity contribution in [2.45, 2.75) is 84.6 Å². The molecule has 0 amide bonds. The Morgan fingerprint density at radius 1 is 0.950 bits per heavy atom. The SMILES string of the molecule is CCCCCCCCc1nnc(C(CC)NCCC)o1. The summed E-state index contributed by atoms with van der Waals surface area (Å²) in [5.41, 5.74) is 0. The second-order valence-electron chi connectivity index (χ2n) is 5.47. The predicted molar refractivity (Wildman–Crippen MR) is 82.7 cm³/mol. The number of nitrogens with zero attached hydrogens (tertiary/aromatic N) is 2. The van der Waals surface area contributed by atoms with E-state index in [4.69, 9.17) is 4.42 Å². The first kappa shape index (κ1) is 17.2. The second-order valence-corrected chi connectivity index (χ2v) is 5.47. The highest BCUT2D eigenvalue weighted by Gasteiger charge is 2.15. The quantitative estimate of drug-likeness (QED) is 0.576. The van der Waals surface area contributed by atoms with E-state index in [9.17, 15) is 0 Å². The van der Waals surface area contributed by atoms with Crippen LogP contribution in [-0.4, -0.2) is 16.7 Å². The van der Waals surface area contributed by atoms with E-state index in [1.807, 2.05) is 0 Å². The average molecular weight is 281 g/mol. The summed E-state index contributed by atoms with van der Waals surface area (Å²) in [5, 5.41) is 11.8. The second kappa shape index (κ2) is 10.8. The van der Waals surface area contributed by atoms with Gasteiger partial charge in [0.15, 0.2) is 0 Å². The summed E-state index contributed by atoms with van der Waals surface area (Å²) in [4.78, 5) is 0. The third-order valence-electron chi connectivity index (χ3n) is 3.57. The molecular weight excluding hydrogens is 250 g/mol. The number of unbranched alkanes of at least 4 members (excludes halogenated alkanes) is 5. The maximum Gasteiger partial charge on any atom is 0.233 e. The fraction of sp³-hybridized carbons (Fsp3) is 0.875. The summed E-state index contributed by atoms with van der Waals surface area (Å²) < 4.78 is 5.78. The molecule has 4 nitrogen and oxygen atoms in total. The van der Waals surface area contributed by atoms with Crippen LogP contribution in [0, 0.1) is 0 Å². The Labute approximate surface area is 123 Å². The molecule has 1 unspecified atom stereocenters. The predicted octanol–water partition coefficient (Wildman–Crippen LogP) is 4.42. The molecule has 0 aliphatic carbocycles. The fourth-order valence-corrected chi connectivity index (χ4v) is 2.29. The summed E-state index contributed by atoms with van der Waals surface area (Å²) in [6, 6.07) is 0.209. The van der Waals surface area contributed by atoms with E-state index >= 15 is 0 Å². The lowest BCUT2D eigenvalue weighted by molar-refractivity contribution is 0.369. The molecule has 1 aromatic rings. The maximum atomic E-state index is 5.78. The summed E-state index contributed by atoms with van der Waals surface area (Å²) >= 11 is 0. The lowest BCUT2D eigenvalue weighted by atomic mass is 10.1. The molecule has 0 saturated heterocycles. The number of hydrogen-bond acceptors (Lipinski definition) is 4. The minimum Gasteiger partial charge on any atom is -0.424 e. The number of nitrogens with one attached hydrogen (secondary N) is 1. The molecule has 1 N–H and O–H groups in total. The van der Waals surface area contributed by atoms with Gasteiger partial charge in [-0.3, -0.25) is 0 Å². The minimum absolute atomic E-state index is 0.209. The zero-order chi connectivity index (χ0) is 14.6. The average Bonchev–Trinajstić information content (AvgIpc) is 2.92. The van der Waals surface area contributed by atoms with Gasteiger partial charge >= 0.3 is 0 Å². The summed E-state index contributed by atoms with van der Waals surface area (Å²) in [5.74, 6) is 1.55. The minimum atomic E-state index is 0.209. The molecule has 4 heteroatoms. The molecule has 20 heavy (non-hydrogen) atoms. The van der Waals surface area contributed by atoms with E-state index in [0.717, 1.165) is 44.0 Å². The molecule has 1 rings (SSSR count). The molecule has 116 valence electrons. The van der Waals surface area contributed by atoms with Gasteiger partial charge in [-0.15, -0.1) is 10.2 Å². The molecule has 0 spiro atoms. The van der Waals surface area contributed by atoms with Gasteiger partial charge in [0.2, 0.25) is 11.8 Å². The third kappa shape index (κ3) is 6.51. The summed E-state index contributed by atoms with van der Waals surface area (Å²) in [6.45, 7) is 7.55. The first-order valence-corrected chi connectivity index (χ1v) is 8.37. The van der Waals surface area contributed by atoms with Crippen molar-refractivity contribution in [3.05, 3.63) is 11.8 Å². The van der Waals surface area contributed by atoms with Gasteiger partial charge in [0.25, 0.3) is 0 Å². The number of hydrogen-bond donors (Lipinski definition) is 1. The number of aryl methyl sites for hydroxylation is 1. The Bertz CT molecular complexity index is 338. The molecule has 0 aliphatic heterocycles.